The van der Waals surface area contributed by atoms with Crippen molar-refractivity contribution in [1.29, 1.82) is 0 Å². The molecule has 0 radical (unpaired) electrons. The summed E-state index contributed by atoms with van der Waals surface area (Å²) in [6.07, 6.45) is 7.34. The molecule has 6 heteroatoms. The highest BCUT2D eigenvalue weighted by Crippen LogP contribution is 2.34. The highest BCUT2D eigenvalue weighted by molar-refractivity contribution is 5.71. The van der Waals surface area contributed by atoms with E-state index in [1.165, 1.54) is 6.07 Å². The fourth-order valence-electron chi connectivity index (χ4n) is 4.59. The Hall–Kier alpha value is -2.96. The molecule has 0 aliphatic carbocycles. The van der Waals surface area contributed by atoms with E-state index in [9.17, 15) is 8.78 Å². The van der Waals surface area contributed by atoms with Crippen LogP contribution in [-0.4, -0.2) is 19.5 Å². The fourth-order valence-corrected chi connectivity index (χ4v) is 4.59. The molecule has 0 bridgehead atoms. The number of hydrogen-bond acceptors (Lipinski definition) is 2. The van der Waals surface area contributed by atoms with E-state index in [2.05, 4.69) is 0 Å². The van der Waals surface area contributed by atoms with Crippen molar-refractivity contribution in [2.75, 3.05) is 13.2 Å². The van der Waals surface area contributed by atoms with Crippen molar-refractivity contribution in [1.82, 2.24) is 0 Å². The molecule has 0 spiro atoms. The van der Waals surface area contributed by atoms with Crippen molar-refractivity contribution in [3.05, 3.63) is 95.1 Å². The van der Waals surface area contributed by atoms with E-state index in [0.29, 0.717) is 29.5 Å². The lowest BCUT2D eigenvalue weighted by Crippen LogP contribution is -2.31. The molecule has 4 rings (SSSR count). The van der Waals surface area contributed by atoms with Crippen LogP contribution in [0, 0.1) is 23.3 Å². The van der Waals surface area contributed by atoms with E-state index in [-0.39, 0.29) is 36.2 Å². The number of benzene rings is 3. The second-order valence-electron chi connectivity index (χ2n) is 9.35. The van der Waals surface area contributed by atoms with E-state index < -0.39 is 29.2 Å². The van der Waals surface area contributed by atoms with Crippen LogP contribution < -0.4 is 0 Å². The van der Waals surface area contributed by atoms with Crippen LogP contribution in [0.1, 0.15) is 56.6 Å². The Labute approximate surface area is 215 Å². The van der Waals surface area contributed by atoms with Gasteiger partial charge in [-0.25, -0.2) is 17.6 Å². The Kier molecular flexibility index (Phi) is 9.17. The number of hydrogen-bond donors (Lipinski definition) is 0. The summed E-state index contributed by atoms with van der Waals surface area (Å²) in [5.41, 5.74) is 1.69. The van der Waals surface area contributed by atoms with Crippen molar-refractivity contribution in [2.45, 2.75) is 58.2 Å². The second kappa shape index (κ2) is 12.5. The van der Waals surface area contributed by atoms with Crippen molar-refractivity contribution < 1.29 is 27.0 Å². The number of rotatable bonds is 9. The molecule has 0 saturated carbocycles. The molecule has 2 nitrogen and oxygen atoms in total. The van der Waals surface area contributed by atoms with Crippen LogP contribution in [0.15, 0.2) is 60.7 Å². The van der Waals surface area contributed by atoms with Crippen molar-refractivity contribution >= 4 is 0 Å². The Morgan fingerprint density at radius 3 is 1.97 bits per heavy atom. The van der Waals surface area contributed by atoms with E-state index in [1.54, 1.807) is 42.5 Å². The van der Waals surface area contributed by atoms with Crippen LogP contribution in [0.25, 0.3) is 22.3 Å². The lowest BCUT2D eigenvalue weighted by atomic mass is 9.94. The molecule has 37 heavy (non-hydrogen) atoms. The first-order chi connectivity index (χ1) is 17.9. The van der Waals surface area contributed by atoms with Gasteiger partial charge in [0.15, 0.2) is 29.6 Å². The van der Waals surface area contributed by atoms with Gasteiger partial charge in [-0.2, -0.15) is 0 Å². The summed E-state index contributed by atoms with van der Waals surface area (Å²) in [6.45, 7) is 4.45. The second-order valence-corrected chi connectivity index (χ2v) is 9.35. The third-order valence-electron chi connectivity index (χ3n) is 6.79. The van der Waals surface area contributed by atoms with E-state index in [0.717, 1.165) is 19.3 Å². The first kappa shape index (κ1) is 27.1. The van der Waals surface area contributed by atoms with E-state index in [4.69, 9.17) is 9.47 Å². The summed E-state index contributed by atoms with van der Waals surface area (Å²) >= 11 is 0. The van der Waals surface area contributed by atoms with Gasteiger partial charge in [0, 0.05) is 23.5 Å². The first-order valence-electron chi connectivity index (χ1n) is 12.8. The van der Waals surface area contributed by atoms with Crippen molar-refractivity contribution in [2.24, 2.45) is 0 Å². The molecule has 1 aliphatic heterocycles. The molecule has 0 N–H and O–H groups in total. The first-order valence-corrected chi connectivity index (χ1v) is 12.8. The maximum atomic E-state index is 15.1. The molecule has 1 fully saturated rings. The van der Waals surface area contributed by atoms with Crippen molar-refractivity contribution in [3.8, 4) is 22.3 Å². The molecule has 0 unspecified atom stereocenters. The number of allylic oxidation sites excluding steroid dienone is 2. The summed E-state index contributed by atoms with van der Waals surface area (Å²) in [5.74, 6) is -4.02. The predicted molar refractivity (Wildman–Crippen MR) is 138 cm³/mol. The number of ether oxygens (including phenoxy) is 2. The molecule has 196 valence electrons. The molecule has 1 aliphatic rings. The van der Waals surface area contributed by atoms with Gasteiger partial charge in [-0.1, -0.05) is 74.0 Å². The highest BCUT2D eigenvalue weighted by Gasteiger charge is 2.27. The van der Waals surface area contributed by atoms with Crippen LogP contribution in [0.5, 0.6) is 0 Å². The molecule has 3 aromatic carbocycles. The molecular weight excluding hydrogens is 480 g/mol. The van der Waals surface area contributed by atoms with Gasteiger partial charge in [-0.3, -0.25) is 0 Å². The number of halogens is 4. The van der Waals surface area contributed by atoms with Crippen LogP contribution in [0.4, 0.5) is 17.6 Å². The highest BCUT2D eigenvalue weighted by atomic mass is 19.2. The monoisotopic (exact) mass is 512 g/mol. The van der Waals surface area contributed by atoms with Gasteiger partial charge in [0.25, 0.3) is 0 Å². The third-order valence-corrected chi connectivity index (χ3v) is 6.79. The minimum absolute atomic E-state index is 0.0937. The average molecular weight is 513 g/mol. The van der Waals surface area contributed by atoms with Gasteiger partial charge in [-0.05, 0) is 48.4 Å². The Bertz CT molecular complexity index is 1230. The number of unbranched alkanes of at least 4 members (excludes halogenated alkanes) is 1. The van der Waals surface area contributed by atoms with Gasteiger partial charge >= 0.3 is 0 Å². The zero-order chi connectivity index (χ0) is 26.4. The summed E-state index contributed by atoms with van der Waals surface area (Å²) in [6, 6.07) is 12.6. The van der Waals surface area contributed by atoms with Crippen LogP contribution >= 0.6 is 0 Å². The molecule has 1 heterocycles. The topological polar surface area (TPSA) is 18.5 Å². The van der Waals surface area contributed by atoms with Gasteiger partial charge in [0.2, 0.25) is 0 Å². The largest absolute Gasteiger partial charge is 0.352 e. The quantitative estimate of drug-likeness (QED) is 0.211. The summed E-state index contributed by atoms with van der Waals surface area (Å²) in [4.78, 5) is 0. The predicted octanol–water partition coefficient (Wildman–Crippen LogP) is 8.73. The molecule has 1 saturated heterocycles. The standard InChI is InChI=1S/C31H32F4O2/c1-3-5-7-9-27-36-18-23(19-37-27)26-17-16-25(30(34)31(26)35)21-12-10-20(11-13-21)24-15-14-22(8-6-4-2)28(32)29(24)33/h3,5,10-17,23,27H,4,6-9,18-19H2,1-2H3. The van der Waals surface area contributed by atoms with Crippen LogP contribution in [-0.2, 0) is 15.9 Å². The lowest BCUT2D eigenvalue weighted by molar-refractivity contribution is -0.189. The zero-order valence-corrected chi connectivity index (χ0v) is 21.2. The maximum absolute atomic E-state index is 15.1. The van der Waals surface area contributed by atoms with Gasteiger partial charge in [0.05, 0.1) is 13.2 Å². The van der Waals surface area contributed by atoms with Gasteiger partial charge in [0.1, 0.15) is 0 Å². The van der Waals surface area contributed by atoms with Crippen LogP contribution in [0.3, 0.4) is 0 Å². The number of aryl methyl sites for hydroxylation is 1. The summed E-state index contributed by atoms with van der Waals surface area (Å²) in [5, 5.41) is 0. The maximum Gasteiger partial charge on any atom is 0.166 e. The normalized spacial score (nSPS) is 18.0. The smallest absolute Gasteiger partial charge is 0.166 e. The summed E-state index contributed by atoms with van der Waals surface area (Å²) < 4.78 is 70.8. The fraction of sp³-hybridized carbons (Fsp3) is 0.355. The molecular formula is C31H32F4O2. The Balaban J connectivity index is 1.49. The third kappa shape index (κ3) is 6.13. The Morgan fingerprint density at radius 2 is 1.38 bits per heavy atom. The van der Waals surface area contributed by atoms with Gasteiger partial charge < -0.3 is 9.47 Å². The molecule has 3 aromatic rings. The minimum Gasteiger partial charge on any atom is -0.352 e. The van der Waals surface area contributed by atoms with Crippen molar-refractivity contribution in [3.63, 3.8) is 0 Å². The van der Waals surface area contributed by atoms with E-state index in [1.807, 2.05) is 26.0 Å². The minimum atomic E-state index is -0.960. The van der Waals surface area contributed by atoms with E-state index >= 15 is 8.78 Å². The lowest BCUT2D eigenvalue weighted by Gasteiger charge is -2.30. The Morgan fingerprint density at radius 1 is 0.784 bits per heavy atom. The zero-order valence-electron chi connectivity index (χ0n) is 21.2. The van der Waals surface area contributed by atoms with Crippen LogP contribution in [0.2, 0.25) is 0 Å². The molecule has 0 atom stereocenters. The SMILES string of the molecule is CC=CCCC1OCC(c2ccc(-c3ccc(-c4ccc(CCCC)c(F)c4F)cc3)c(F)c2F)CO1. The molecule has 0 aromatic heterocycles. The van der Waals surface area contributed by atoms with Gasteiger partial charge in [-0.15, -0.1) is 0 Å². The molecule has 0 amide bonds. The average Bonchev–Trinajstić information content (AvgIpc) is 2.92. The summed E-state index contributed by atoms with van der Waals surface area (Å²) in [7, 11) is 0.